The zero-order chi connectivity index (χ0) is 18.0. The molecule has 26 heavy (non-hydrogen) atoms. The van der Waals surface area contributed by atoms with Crippen molar-refractivity contribution < 1.29 is 26.6 Å². The monoisotopic (exact) mass is 398 g/mol. The second kappa shape index (κ2) is 18.5. The minimum atomic E-state index is -0.189. The second-order valence-corrected chi connectivity index (χ2v) is 6.45. The van der Waals surface area contributed by atoms with Crippen LogP contribution >= 0.6 is 0 Å². The van der Waals surface area contributed by atoms with E-state index in [-0.39, 0.29) is 23.0 Å². The molecule has 0 unspecified atom stereocenters. The molecule has 0 amide bonds. The van der Waals surface area contributed by atoms with Crippen LogP contribution in [0.5, 0.6) is 0 Å². The molecule has 3 heteroatoms. The molecular weight excluding hydrogens is 364 g/mol. The van der Waals surface area contributed by atoms with Crippen LogP contribution in [-0.4, -0.2) is 12.6 Å². The van der Waals surface area contributed by atoms with Gasteiger partial charge in [-0.1, -0.05) is 70.3 Å². The van der Waals surface area contributed by atoms with Gasteiger partial charge in [0.25, 0.3) is 5.97 Å². The van der Waals surface area contributed by atoms with Gasteiger partial charge in [-0.25, -0.2) is 12.1 Å². The van der Waals surface area contributed by atoms with Crippen LogP contribution in [0.15, 0.2) is 54.6 Å². The Kier molecular flexibility index (Phi) is 17.5. The summed E-state index contributed by atoms with van der Waals surface area (Å²) in [4.78, 5) is 11.5. The molecule has 0 N–H and O–H groups in total. The molecule has 0 atom stereocenters. The minimum absolute atomic E-state index is 0. The summed E-state index contributed by atoms with van der Waals surface area (Å²) in [5.41, 5.74) is 0.664. The van der Waals surface area contributed by atoms with Crippen molar-refractivity contribution in [1.82, 2.24) is 0 Å². The number of unbranched alkanes of at least 4 members (excludes halogenated alkanes) is 9. The van der Waals surface area contributed by atoms with Crippen LogP contribution in [0.3, 0.4) is 0 Å². The number of carbonyl (C=O) groups excluding carboxylic acids is 1. The van der Waals surface area contributed by atoms with Gasteiger partial charge in [-0.3, -0.25) is 4.79 Å². The summed E-state index contributed by atoms with van der Waals surface area (Å²) in [5, 5.41) is 0. The predicted octanol–water partition coefficient (Wildman–Crippen LogP) is 6.89. The van der Waals surface area contributed by atoms with Gasteiger partial charge in [0.15, 0.2) is 0 Å². The number of rotatable bonds is 12. The van der Waals surface area contributed by atoms with Crippen molar-refractivity contribution >= 4 is 5.97 Å². The van der Waals surface area contributed by atoms with Gasteiger partial charge >= 0.3 is 0 Å². The number of hydrogen-bond acceptors (Lipinski definition) is 2. The smallest absolute Gasteiger partial charge is 0.281 e. The molecule has 0 radical (unpaired) electrons. The summed E-state index contributed by atoms with van der Waals surface area (Å²) in [6.45, 7) is 2.81. The Morgan fingerprint density at radius 1 is 0.769 bits per heavy atom. The third-order valence-electron chi connectivity index (χ3n) is 4.18. The van der Waals surface area contributed by atoms with E-state index in [1.54, 1.807) is 12.1 Å². The fraction of sp³-hybridized carbons (Fsp3) is 0.522. The maximum Gasteiger partial charge on any atom is 0.281 e. The SMILES string of the molecule is CCCCCCCCCCCCOC(=O)[c-]1cccc1.[Fe].[cH-]1[cH-][cH-][cH-][cH-]1. The molecule has 0 bridgehead atoms. The number of carbonyl (C=O) groups is 1. The van der Waals surface area contributed by atoms with E-state index in [9.17, 15) is 4.79 Å². The summed E-state index contributed by atoms with van der Waals surface area (Å²) >= 11 is 0. The topological polar surface area (TPSA) is 26.3 Å². The molecule has 2 aromatic rings. The second-order valence-electron chi connectivity index (χ2n) is 6.45. The van der Waals surface area contributed by atoms with Crippen molar-refractivity contribution in [2.75, 3.05) is 6.61 Å². The van der Waals surface area contributed by atoms with E-state index in [0.717, 1.165) is 6.42 Å². The van der Waals surface area contributed by atoms with Crippen LogP contribution in [0.1, 0.15) is 81.5 Å². The first-order chi connectivity index (χ1) is 12.3. The zero-order valence-electron chi connectivity index (χ0n) is 16.1. The molecule has 0 saturated heterocycles. The minimum Gasteiger partial charge on any atom is -0.748 e. The van der Waals surface area contributed by atoms with Crippen molar-refractivity contribution in [3.05, 3.63) is 60.2 Å². The molecular formula is C23H34FeO2-6. The van der Waals surface area contributed by atoms with Crippen molar-refractivity contribution in [1.29, 1.82) is 0 Å². The van der Waals surface area contributed by atoms with Crippen LogP contribution in [0.4, 0.5) is 0 Å². The Labute approximate surface area is 170 Å². The molecule has 0 heterocycles. The fourth-order valence-corrected chi connectivity index (χ4v) is 2.67. The van der Waals surface area contributed by atoms with Gasteiger partial charge in [-0.05, 0) is 6.42 Å². The molecule has 0 saturated carbocycles. The first kappa shape index (κ1) is 24.7. The van der Waals surface area contributed by atoms with Crippen LogP contribution in [0.25, 0.3) is 0 Å². The van der Waals surface area contributed by atoms with Crippen molar-refractivity contribution in [2.24, 2.45) is 0 Å². The third-order valence-corrected chi connectivity index (χ3v) is 4.18. The van der Waals surface area contributed by atoms with E-state index in [1.807, 2.05) is 42.5 Å². The Hall–Kier alpha value is -1.31. The van der Waals surface area contributed by atoms with Crippen LogP contribution in [0.2, 0.25) is 0 Å². The van der Waals surface area contributed by atoms with Gasteiger partial charge in [0.2, 0.25) is 0 Å². The van der Waals surface area contributed by atoms with E-state index in [1.165, 1.54) is 57.8 Å². The Bertz CT molecular complexity index is 471. The Morgan fingerprint density at radius 3 is 1.65 bits per heavy atom. The number of esters is 1. The van der Waals surface area contributed by atoms with Crippen LogP contribution in [0, 0.1) is 0 Å². The molecule has 0 aliphatic heterocycles. The molecule has 2 nitrogen and oxygen atoms in total. The van der Waals surface area contributed by atoms with Crippen molar-refractivity contribution in [3.8, 4) is 0 Å². The molecule has 2 rings (SSSR count). The van der Waals surface area contributed by atoms with Crippen LogP contribution < -0.4 is 0 Å². The van der Waals surface area contributed by atoms with E-state index >= 15 is 0 Å². The molecule has 0 fully saturated rings. The van der Waals surface area contributed by atoms with E-state index in [4.69, 9.17) is 4.74 Å². The third kappa shape index (κ3) is 13.9. The maximum absolute atomic E-state index is 11.5. The first-order valence-corrected chi connectivity index (χ1v) is 9.90. The molecule has 0 aromatic heterocycles. The molecule has 0 aliphatic carbocycles. The summed E-state index contributed by atoms with van der Waals surface area (Å²) < 4.78 is 5.22. The predicted molar refractivity (Wildman–Crippen MR) is 106 cm³/mol. The number of hydrogen-bond donors (Lipinski definition) is 0. The molecule has 0 spiro atoms. The average molecular weight is 398 g/mol. The van der Waals surface area contributed by atoms with Gasteiger partial charge < -0.3 is 35.1 Å². The van der Waals surface area contributed by atoms with Gasteiger partial charge in [0, 0.05) is 17.1 Å². The van der Waals surface area contributed by atoms with E-state index in [2.05, 4.69) is 6.92 Å². The molecule has 152 valence electrons. The van der Waals surface area contributed by atoms with E-state index < -0.39 is 0 Å². The van der Waals surface area contributed by atoms with Gasteiger partial charge in [-0.15, -0.1) is 0 Å². The average Bonchev–Trinajstić information content (AvgIpc) is 3.35. The van der Waals surface area contributed by atoms with Gasteiger partial charge in [0.1, 0.15) is 0 Å². The van der Waals surface area contributed by atoms with Gasteiger partial charge in [-0.2, -0.15) is 12.1 Å². The normalized spacial score (nSPS) is 9.73. The van der Waals surface area contributed by atoms with Gasteiger partial charge in [0.05, 0.1) is 6.61 Å². The number of ether oxygens (including phenoxy) is 1. The fourth-order valence-electron chi connectivity index (χ4n) is 2.67. The summed E-state index contributed by atoms with van der Waals surface area (Å²) in [7, 11) is 0. The Morgan fingerprint density at radius 2 is 1.19 bits per heavy atom. The summed E-state index contributed by atoms with van der Waals surface area (Å²) in [5.74, 6) is -0.189. The van der Waals surface area contributed by atoms with E-state index in [0.29, 0.717) is 12.2 Å². The maximum atomic E-state index is 11.5. The van der Waals surface area contributed by atoms with Crippen molar-refractivity contribution in [2.45, 2.75) is 71.1 Å². The first-order valence-electron chi connectivity index (χ1n) is 9.90. The van der Waals surface area contributed by atoms with Crippen molar-refractivity contribution in [3.63, 3.8) is 0 Å². The Balaban J connectivity index is 0.000000893. The summed E-state index contributed by atoms with van der Waals surface area (Å²) in [6.07, 6.45) is 13.0. The molecule has 0 aliphatic rings. The largest absolute Gasteiger partial charge is 0.748 e. The molecule has 2 aromatic carbocycles. The van der Waals surface area contributed by atoms with Crippen LogP contribution in [-0.2, 0) is 21.8 Å². The standard InChI is InChI=1S/C18H29O2.C5H5.Fe/c1-2-3-4-5-6-7-8-9-10-13-16-20-18(19)17-14-11-12-15-17;1-2-4-5-3-1;/h11-12,14-15H,2-10,13,16H2,1H3;1-5H;/q-1;-5;. The summed E-state index contributed by atoms with van der Waals surface area (Å²) in [6, 6.07) is 17.3. The zero-order valence-corrected chi connectivity index (χ0v) is 17.2. The quantitative estimate of drug-likeness (QED) is 0.168.